The first-order valence-corrected chi connectivity index (χ1v) is 9.35. The monoisotopic (exact) mass is 423 g/mol. The van der Waals surface area contributed by atoms with Gasteiger partial charge in [0.05, 0.1) is 19.0 Å². The fourth-order valence-electron chi connectivity index (χ4n) is 3.51. The van der Waals surface area contributed by atoms with Gasteiger partial charge in [0, 0.05) is 30.5 Å². The first-order chi connectivity index (χ1) is 13.8. The van der Waals surface area contributed by atoms with Crippen molar-refractivity contribution in [2.24, 2.45) is 0 Å². The van der Waals surface area contributed by atoms with Crippen LogP contribution in [0.1, 0.15) is 29.7 Å². The lowest BCUT2D eigenvalue weighted by Gasteiger charge is -2.30. The molecule has 1 aliphatic heterocycles. The van der Waals surface area contributed by atoms with Crippen molar-refractivity contribution < 1.29 is 18.0 Å². The van der Waals surface area contributed by atoms with Gasteiger partial charge in [-0.15, -0.1) is 10.2 Å². The molecule has 4 rings (SSSR count). The lowest BCUT2D eigenvalue weighted by Crippen LogP contribution is -2.40. The molecule has 0 aliphatic carbocycles. The molecule has 1 aliphatic rings. The highest BCUT2D eigenvalue weighted by atomic mass is 35.5. The minimum Gasteiger partial charge on any atom is -0.346 e. The zero-order chi connectivity index (χ0) is 20.6. The first-order valence-electron chi connectivity index (χ1n) is 8.98. The molecule has 0 spiro atoms. The van der Waals surface area contributed by atoms with Crippen molar-refractivity contribution >= 4 is 17.5 Å². The highest BCUT2D eigenvalue weighted by Gasteiger charge is 2.40. The van der Waals surface area contributed by atoms with E-state index < -0.39 is 12.0 Å². The summed E-state index contributed by atoms with van der Waals surface area (Å²) < 4.78 is 41.9. The smallest absolute Gasteiger partial charge is 0.346 e. The van der Waals surface area contributed by atoms with Crippen LogP contribution < -0.4 is 0 Å². The quantitative estimate of drug-likeness (QED) is 0.642. The van der Waals surface area contributed by atoms with Crippen molar-refractivity contribution in [2.45, 2.75) is 31.7 Å². The average Bonchev–Trinajstić information content (AvgIpc) is 3.35. The van der Waals surface area contributed by atoms with Gasteiger partial charge in [0.25, 0.3) is 0 Å². The van der Waals surface area contributed by atoms with Gasteiger partial charge in [0.15, 0.2) is 5.82 Å². The van der Waals surface area contributed by atoms with E-state index in [2.05, 4.69) is 10.2 Å². The number of amides is 1. The molecular weight excluding hydrogens is 407 g/mol. The number of carbonyl (C=O) groups excluding carboxylic acids is 1. The lowest BCUT2D eigenvalue weighted by atomic mass is 10.0. The maximum absolute atomic E-state index is 13.0. The van der Waals surface area contributed by atoms with Crippen molar-refractivity contribution in [3.8, 4) is 0 Å². The molecule has 0 N–H and O–H groups in total. The van der Waals surface area contributed by atoms with Crippen LogP contribution >= 0.6 is 11.6 Å². The molecule has 0 fully saturated rings. The summed E-state index contributed by atoms with van der Waals surface area (Å²) in [5.41, 5.74) is 0.915. The van der Waals surface area contributed by atoms with E-state index in [9.17, 15) is 18.0 Å². The molecule has 0 saturated heterocycles. The molecule has 3 aromatic rings. The molecular formula is C19H17ClF3N5O. The van der Waals surface area contributed by atoms with E-state index in [1.54, 1.807) is 12.1 Å². The van der Waals surface area contributed by atoms with Gasteiger partial charge in [-0.2, -0.15) is 13.2 Å². The third-order valence-electron chi connectivity index (χ3n) is 4.97. The number of alkyl halides is 3. The maximum atomic E-state index is 13.0. The van der Waals surface area contributed by atoms with E-state index in [0.717, 1.165) is 10.1 Å². The van der Waals surface area contributed by atoms with Crippen molar-refractivity contribution in [3.63, 3.8) is 0 Å². The van der Waals surface area contributed by atoms with Gasteiger partial charge in [-0.1, -0.05) is 23.7 Å². The Morgan fingerprint density at radius 1 is 1.10 bits per heavy atom. The minimum absolute atomic E-state index is 0.000922. The Morgan fingerprint density at radius 3 is 2.45 bits per heavy atom. The van der Waals surface area contributed by atoms with Gasteiger partial charge in [-0.05, 0) is 29.8 Å². The summed E-state index contributed by atoms with van der Waals surface area (Å²) in [6.07, 6.45) is -0.661. The second kappa shape index (κ2) is 7.55. The van der Waals surface area contributed by atoms with E-state index in [-0.39, 0.29) is 43.8 Å². The van der Waals surface area contributed by atoms with E-state index in [1.165, 1.54) is 4.90 Å². The summed E-state index contributed by atoms with van der Waals surface area (Å²) in [6, 6.07) is 10.7. The van der Waals surface area contributed by atoms with E-state index >= 15 is 0 Å². The second-order valence-electron chi connectivity index (χ2n) is 6.81. The second-order valence-corrected chi connectivity index (χ2v) is 7.24. The minimum atomic E-state index is -4.56. The number of hydrogen-bond donors (Lipinski definition) is 0. The Labute approximate surface area is 169 Å². The molecule has 10 heteroatoms. The molecule has 0 bridgehead atoms. The molecule has 0 radical (unpaired) electrons. The summed E-state index contributed by atoms with van der Waals surface area (Å²) in [5.74, 6) is -1.05. The molecule has 1 amide bonds. The lowest BCUT2D eigenvalue weighted by molar-refractivity contribution is -0.148. The van der Waals surface area contributed by atoms with Crippen molar-refractivity contribution in [2.75, 3.05) is 6.54 Å². The average molecular weight is 424 g/mol. The predicted octanol–water partition coefficient (Wildman–Crippen LogP) is 3.77. The number of carbonyl (C=O) groups is 1. The first kappa shape index (κ1) is 19.5. The number of hydrogen-bond acceptors (Lipinski definition) is 3. The van der Waals surface area contributed by atoms with Gasteiger partial charge in [-0.3, -0.25) is 4.79 Å². The van der Waals surface area contributed by atoms with Crippen LogP contribution in [0, 0.1) is 0 Å². The molecule has 2 aromatic heterocycles. The number of halogens is 4. The molecule has 0 unspecified atom stereocenters. The highest BCUT2D eigenvalue weighted by molar-refractivity contribution is 6.30. The van der Waals surface area contributed by atoms with Crippen molar-refractivity contribution in [1.29, 1.82) is 0 Å². The molecule has 3 heterocycles. The number of rotatable bonds is 4. The molecule has 1 atom stereocenters. The molecule has 152 valence electrons. The molecule has 29 heavy (non-hydrogen) atoms. The van der Waals surface area contributed by atoms with Gasteiger partial charge < -0.3 is 14.0 Å². The predicted molar refractivity (Wildman–Crippen MR) is 99.1 cm³/mol. The van der Waals surface area contributed by atoms with Crippen molar-refractivity contribution in [1.82, 2.24) is 24.2 Å². The largest absolute Gasteiger partial charge is 0.451 e. The van der Waals surface area contributed by atoms with Crippen LogP contribution in [-0.4, -0.2) is 36.7 Å². The fourth-order valence-corrected chi connectivity index (χ4v) is 3.64. The number of benzene rings is 1. The zero-order valence-electron chi connectivity index (χ0n) is 15.2. The SMILES string of the molecule is O=C(C[C@H](c1ccc(Cl)cc1)n1cccc1)N1CCn2c(nnc2C(F)(F)F)C1. The van der Waals surface area contributed by atoms with Gasteiger partial charge in [0.2, 0.25) is 11.7 Å². The fraction of sp³-hybridized carbons (Fsp3) is 0.316. The summed E-state index contributed by atoms with van der Waals surface area (Å²) in [5, 5.41) is 7.48. The normalized spacial score (nSPS) is 15.2. The summed E-state index contributed by atoms with van der Waals surface area (Å²) in [6.45, 7) is 0.185. The Bertz CT molecular complexity index is 998. The Kier molecular flexibility index (Phi) is 5.08. The number of fused-ring (bicyclic) bond motifs is 1. The van der Waals surface area contributed by atoms with E-state index in [1.807, 2.05) is 41.2 Å². The standard InChI is InChI=1S/C19H17ClF3N5O/c20-14-5-3-13(4-6-14)15(26-7-1-2-8-26)11-17(29)27-9-10-28-16(12-27)24-25-18(28)19(21,22)23/h1-8,15H,9-12H2/t15-/m1/s1. The Hall–Kier alpha value is -2.81. The van der Waals surface area contributed by atoms with Crippen LogP contribution in [0.4, 0.5) is 13.2 Å². The van der Waals surface area contributed by atoms with Crippen LogP contribution in [0.15, 0.2) is 48.8 Å². The zero-order valence-corrected chi connectivity index (χ0v) is 15.9. The molecule has 0 saturated carbocycles. The van der Waals surface area contributed by atoms with Gasteiger partial charge >= 0.3 is 6.18 Å². The molecule has 6 nitrogen and oxygen atoms in total. The van der Waals surface area contributed by atoms with E-state index in [0.29, 0.717) is 5.02 Å². The molecule has 1 aromatic carbocycles. The summed E-state index contributed by atoms with van der Waals surface area (Å²) >= 11 is 5.97. The van der Waals surface area contributed by atoms with Crippen LogP contribution in [-0.2, 0) is 24.1 Å². The number of nitrogens with zero attached hydrogens (tertiary/aromatic N) is 5. The van der Waals surface area contributed by atoms with Gasteiger partial charge in [-0.25, -0.2) is 0 Å². The van der Waals surface area contributed by atoms with E-state index in [4.69, 9.17) is 11.6 Å². The summed E-state index contributed by atoms with van der Waals surface area (Å²) in [4.78, 5) is 14.5. The topological polar surface area (TPSA) is 56.0 Å². The highest BCUT2D eigenvalue weighted by Crippen LogP contribution is 2.30. The maximum Gasteiger partial charge on any atom is 0.451 e. The van der Waals surface area contributed by atoms with Crippen LogP contribution in [0.3, 0.4) is 0 Å². The van der Waals surface area contributed by atoms with Crippen LogP contribution in [0.2, 0.25) is 5.02 Å². The third-order valence-corrected chi connectivity index (χ3v) is 5.22. The van der Waals surface area contributed by atoms with Gasteiger partial charge in [0.1, 0.15) is 0 Å². The van der Waals surface area contributed by atoms with Crippen molar-refractivity contribution in [3.05, 3.63) is 71.0 Å². The van der Waals surface area contributed by atoms with Crippen LogP contribution in [0.5, 0.6) is 0 Å². The Morgan fingerprint density at radius 2 is 1.79 bits per heavy atom. The van der Waals surface area contributed by atoms with Crippen LogP contribution in [0.25, 0.3) is 0 Å². The summed E-state index contributed by atoms with van der Waals surface area (Å²) in [7, 11) is 0. The Balaban J connectivity index is 1.53. The third kappa shape index (κ3) is 4.00. The number of aromatic nitrogens is 4.